The quantitative estimate of drug-likeness (QED) is 0.153. The first-order valence-corrected chi connectivity index (χ1v) is 16.8. The number of hydrogen-bond donors (Lipinski definition) is 0. The van der Waals surface area contributed by atoms with Crippen LogP contribution in [0.15, 0.2) is 109 Å². The Labute approximate surface area is 265 Å². The Bertz CT molecular complexity index is 1750. The lowest BCUT2D eigenvalue weighted by atomic mass is 9.65. The number of nitrogens with zero attached hydrogens (tertiary/aromatic N) is 2. The summed E-state index contributed by atoms with van der Waals surface area (Å²) in [6.45, 7) is 13.6. The molecule has 5 aromatic rings. The van der Waals surface area contributed by atoms with Crippen molar-refractivity contribution in [2.45, 2.75) is 85.2 Å². The summed E-state index contributed by atoms with van der Waals surface area (Å²) in [5.41, 5.74) is 13.6. The maximum absolute atomic E-state index is 2.60. The second kappa shape index (κ2) is 12.9. The van der Waals surface area contributed by atoms with Crippen LogP contribution in [0, 0.1) is 19.8 Å². The fourth-order valence-corrected chi connectivity index (χ4v) is 7.83. The monoisotopic (exact) mass is 580 g/mol. The van der Waals surface area contributed by atoms with Gasteiger partial charge < -0.3 is 0 Å². The van der Waals surface area contributed by atoms with Crippen molar-refractivity contribution >= 4 is 0 Å². The number of aryl methyl sites for hydroxylation is 3. The van der Waals surface area contributed by atoms with Gasteiger partial charge in [-0.1, -0.05) is 93.9 Å². The van der Waals surface area contributed by atoms with Crippen molar-refractivity contribution in [1.82, 2.24) is 0 Å². The maximum Gasteiger partial charge on any atom is 0.213 e. The van der Waals surface area contributed by atoms with Crippen LogP contribution in [0.2, 0.25) is 0 Å². The van der Waals surface area contributed by atoms with Gasteiger partial charge in [0.25, 0.3) is 0 Å². The number of fused-ring (bicyclic) bond motifs is 3. The normalized spacial score (nSPS) is 15.3. The van der Waals surface area contributed by atoms with Crippen molar-refractivity contribution < 1.29 is 9.13 Å². The molecule has 0 amide bonds. The zero-order chi connectivity index (χ0) is 30.7. The molecular formula is C42H48N2+2. The van der Waals surface area contributed by atoms with Crippen molar-refractivity contribution in [2.24, 2.45) is 5.92 Å². The number of pyridine rings is 2. The molecule has 2 heteroatoms. The van der Waals surface area contributed by atoms with Crippen LogP contribution in [0.4, 0.5) is 0 Å². The molecule has 44 heavy (non-hydrogen) atoms. The van der Waals surface area contributed by atoms with E-state index in [-0.39, 0.29) is 5.41 Å². The van der Waals surface area contributed by atoms with Crippen molar-refractivity contribution in [3.63, 3.8) is 0 Å². The average molecular weight is 581 g/mol. The minimum Gasteiger partial charge on any atom is -0.197 e. The first-order chi connectivity index (χ1) is 21.5. The third kappa shape index (κ3) is 5.52. The minimum absolute atomic E-state index is 0.0555. The summed E-state index contributed by atoms with van der Waals surface area (Å²) in [6, 6.07) is 36.2. The van der Waals surface area contributed by atoms with Crippen molar-refractivity contribution in [3.8, 4) is 33.6 Å². The highest BCUT2D eigenvalue weighted by Gasteiger charge is 2.47. The molecule has 0 fully saturated rings. The zero-order valence-electron chi connectivity index (χ0n) is 27.3. The van der Waals surface area contributed by atoms with Gasteiger partial charge in [-0.2, -0.15) is 9.13 Å². The van der Waals surface area contributed by atoms with Crippen LogP contribution in [-0.2, 0) is 24.9 Å². The molecule has 3 aromatic carbocycles. The second-order valence-electron chi connectivity index (χ2n) is 12.9. The van der Waals surface area contributed by atoms with Gasteiger partial charge in [0.15, 0.2) is 25.5 Å². The summed E-state index contributed by atoms with van der Waals surface area (Å²) >= 11 is 0. The Morgan fingerprint density at radius 1 is 0.682 bits per heavy atom. The van der Waals surface area contributed by atoms with Gasteiger partial charge in [0, 0.05) is 39.8 Å². The Kier molecular flexibility index (Phi) is 8.80. The lowest BCUT2D eigenvalue weighted by molar-refractivity contribution is -0.729. The lowest BCUT2D eigenvalue weighted by Gasteiger charge is -2.37. The first-order valence-electron chi connectivity index (χ1n) is 16.8. The molecule has 2 aromatic heterocycles. The summed E-state index contributed by atoms with van der Waals surface area (Å²) in [7, 11) is 0. The van der Waals surface area contributed by atoms with Crippen molar-refractivity contribution in [1.29, 1.82) is 0 Å². The van der Waals surface area contributed by atoms with Crippen LogP contribution in [0.1, 0.15) is 68.7 Å². The van der Waals surface area contributed by atoms with Crippen LogP contribution >= 0.6 is 0 Å². The topological polar surface area (TPSA) is 7.76 Å². The highest BCUT2D eigenvalue weighted by Crippen LogP contribution is 2.46. The number of rotatable bonds is 9. The molecule has 224 valence electrons. The van der Waals surface area contributed by atoms with E-state index < -0.39 is 0 Å². The van der Waals surface area contributed by atoms with Gasteiger partial charge in [0.05, 0.1) is 5.92 Å². The summed E-state index contributed by atoms with van der Waals surface area (Å²) < 4.78 is 5.19. The molecule has 1 unspecified atom stereocenters. The van der Waals surface area contributed by atoms with E-state index in [0.29, 0.717) is 5.92 Å². The van der Waals surface area contributed by atoms with Gasteiger partial charge >= 0.3 is 0 Å². The molecule has 1 aliphatic heterocycles. The van der Waals surface area contributed by atoms with E-state index in [9.17, 15) is 0 Å². The molecule has 1 atom stereocenters. The van der Waals surface area contributed by atoms with E-state index >= 15 is 0 Å². The minimum atomic E-state index is 0.0555. The largest absolute Gasteiger partial charge is 0.213 e. The molecule has 0 radical (unpaired) electrons. The highest BCUT2D eigenvalue weighted by atomic mass is 15.0. The molecule has 3 heterocycles. The predicted molar refractivity (Wildman–Crippen MR) is 183 cm³/mol. The molecule has 1 aliphatic rings. The van der Waals surface area contributed by atoms with Crippen LogP contribution < -0.4 is 9.13 Å². The van der Waals surface area contributed by atoms with Crippen molar-refractivity contribution in [3.05, 3.63) is 132 Å². The van der Waals surface area contributed by atoms with E-state index in [2.05, 4.69) is 153 Å². The highest BCUT2D eigenvalue weighted by molar-refractivity contribution is 5.69. The lowest BCUT2D eigenvalue weighted by Crippen LogP contribution is -2.52. The van der Waals surface area contributed by atoms with E-state index in [1.165, 1.54) is 68.7 Å². The average Bonchev–Trinajstić information content (AvgIpc) is 3.17. The molecule has 0 N–H and O–H groups in total. The molecular weight excluding hydrogens is 532 g/mol. The molecule has 0 bridgehead atoms. The van der Waals surface area contributed by atoms with Gasteiger partial charge in [-0.25, -0.2) is 0 Å². The standard InChI is InChI=1S/C42H48N2/c1-6-9-18-33-24-25-40-37-22-15-16-23-39(37)42(7-2,8-3)35(28-43(40)27-33)29-44-30-38(34-19-11-10-12-20-34)32(5)26-41(44)36-21-14-13-17-31(36)4/h10-17,19-27,30,35H,6-9,18,28-29H2,1-5H3/q+2. The second-order valence-corrected chi connectivity index (χ2v) is 12.9. The van der Waals surface area contributed by atoms with Crippen LogP contribution in [-0.4, -0.2) is 0 Å². The molecule has 0 aliphatic carbocycles. The van der Waals surface area contributed by atoms with Gasteiger partial charge in [0.1, 0.15) is 0 Å². The predicted octanol–water partition coefficient (Wildman–Crippen LogP) is 9.61. The third-order valence-corrected chi connectivity index (χ3v) is 10.4. The number of unbranched alkanes of at least 4 members (excludes halogenated alkanes) is 1. The number of aromatic nitrogens is 2. The van der Waals surface area contributed by atoms with Gasteiger partial charge in [-0.3, -0.25) is 0 Å². The smallest absolute Gasteiger partial charge is 0.197 e. The first kappa shape index (κ1) is 30.0. The molecule has 0 saturated heterocycles. The van der Waals surface area contributed by atoms with E-state index in [1.54, 1.807) is 0 Å². The van der Waals surface area contributed by atoms with Gasteiger partial charge in [-0.05, 0) is 80.0 Å². The summed E-state index contributed by atoms with van der Waals surface area (Å²) in [5.74, 6) is 0.408. The Hall–Kier alpha value is -4.04. The van der Waals surface area contributed by atoms with Crippen LogP contribution in [0.5, 0.6) is 0 Å². The molecule has 0 saturated carbocycles. The van der Waals surface area contributed by atoms with Crippen molar-refractivity contribution in [2.75, 3.05) is 0 Å². The van der Waals surface area contributed by atoms with Gasteiger partial charge in [0.2, 0.25) is 11.4 Å². The van der Waals surface area contributed by atoms with Crippen LogP contribution in [0.25, 0.3) is 33.6 Å². The summed E-state index contributed by atoms with van der Waals surface area (Å²) in [4.78, 5) is 0. The van der Waals surface area contributed by atoms with Gasteiger partial charge in [-0.15, -0.1) is 0 Å². The molecule has 0 spiro atoms. The summed E-state index contributed by atoms with van der Waals surface area (Å²) in [5, 5.41) is 0. The molecule has 6 rings (SSSR count). The third-order valence-electron chi connectivity index (χ3n) is 10.4. The Morgan fingerprint density at radius 3 is 2.11 bits per heavy atom. The van der Waals surface area contributed by atoms with Crippen LogP contribution in [0.3, 0.4) is 0 Å². The summed E-state index contributed by atoms with van der Waals surface area (Å²) in [6.07, 6.45) is 10.7. The fraction of sp³-hybridized carbons (Fsp3) is 0.333. The van der Waals surface area contributed by atoms with E-state index in [4.69, 9.17) is 0 Å². The molecule has 2 nitrogen and oxygen atoms in total. The Morgan fingerprint density at radius 2 is 1.39 bits per heavy atom. The number of benzene rings is 3. The zero-order valence-corrected chi connectivity index (χ0v) is 27.3. The fourth-order valence-electron chi connectivity index (χ4n) is 7.83. The number of hydrogen-bond acceptors (Lipinski definition) is 0. The van der Waals surface area contributed by atoms with E-state index in [1.807, 2.05) is 0 Å². The SMILES string of the molecule is CCCCc1ccc2[n+](c1)CC(C[n+]1cc(-c3ccccc3)c(C)cc1-c1ccccc1C)C(CC)(CC)c1ccccc1-2. The Balaban J connectivity index is 1.56. The van der Waals surface area contributed by atoms with E-state index in [0.717, 1.165) is 32.4 Å². The maximum atomic E-state index is 2.60.